The summed E-state index contributed by atoms with van der Waals surface area (Å²) in [7, 11) is 0. The minimum Gasteiger partial charge on any atom is -0.326 e. The van der Waals surface area contributed by atoms with E-state index < -0.39 is 11.7 Å². The van der Waals surface area contributed by atoms with Gasteiger partial charge in [0.1, 0.15) is 0 Å². The number of amides is 1. The van der Waals surface area contributed by atoms with Gasteiger partial charge in [-0.2, -0.15) is 13.2 Å². The third-order valence-corrected chi connectivity index (χ3v) is 3.17. The van der Waals surface area contributed by atoms with E-state index in [1.165, 1.54) is 6.20 Å². The maximum atomic E-state index is 13.0. The zero-order valence-corrected chi connectivity index (χ0v) is 10.2. The highest BCUT2D eigenvalue weighted by atomic mass is 19.4. The summed E-state index contributed by atoms with van der Waals surface area (Å²) in [5, 5.41) is 2.64. The molecule has 0 atom stereocenters. The molecule has 0 aliphatic carbocycles. The van der Waals surface area contributed by atoms with Gasteiger partial charge in [0.15, 0.2) is 0 Å². The zero-order chi connectivity index (χ0) is 14.3. The minimum atomic E-state index is -4.44. The van der Waals surface area contributed by atoms with Crippen molar-refractivity contribution in [2.24, 2.45) is 0 Å². The standard InChI is InChI=1S/C14H9F3N2O/c15-14(16,17)11-3-4-18-7-10(11)8-1-2-12-9(5-8)6-13(20)19-12/h1-5,7H,6H2,(H,19,20). The van der Waals surface area contributed by atoms with Gasteiger partial charge < -0.3 is 5.32 Å². The molecule has 2 heterocycles. The Kier molecular flexibility index (Phi) is 2.74. The number of benzene rings is 1. The van der Waals surface area contributed by atoms with Gasteiger partial charge in [-0.05, 0) is 29.3 Å². The first kappa shape index (κ1) is 12.7. The lowest BCUT2D eigenvalue weighted by molar-refractivity contribution is -0.137. The number of carbonyl (C=O) groups excluding carboxylic acids is 1. The molecule has 1 aromatic carbocycles. The highest BCUT2D eigenvalue weighted by Gasteiger charge is 2.33. The van der Waals surface area contributed by atoms with Gasteiger partial charge in [-0.15, -0.1) is 0 Å². The van der Waals surface area contributed by atoms with Gasteiger partial charge in [0.2, 0.25) is 5.91 Å². The number of hydrogen-bond acceptors (Lipinski definition) is 2. The lowest BCUT2D eigenvalue weighted by atomic mass is 9.99. The van der Waals surface area contributed by atoms with Gasteiger partial charge in [-0.3, -0.25) is 9.78 Å². The molecule has 1 aliphatic rings. The van der Waals surface area contributed by atoms with Gasteiger partial charge in [0.05, 0.1) is 12.0 Å². The van der Waals surface area contributed by atoms with Crippen LogP contribution < -0.4 is 5.32 Å². The molecule has 3 nitrogen and oxygen atoms in total. The van der Waals surface area contributed by atoms with Crippen LogP contribution in [0.2, 0.25) is 0 Å². The number of pyridine rings is 1. The molecule has 0 spiro atoms. The number of carbonyl (C=O) groups is 1. The molecule has 20 heavy (non-hydrogen) atoms. The summed E-state index contributed by atoms with van der Waals surface area (Å²) in [4.78, 5) is 15.0. The molecular formula is C14H9F3N2O. The molecule has 102 valence electrons. The van der Waals surface area contributed by atoms with Crippen molar-refractivity contribution in [2.75, 3.05) is 5.32 Å². The predicted octanol–water partition coefficient (Wildman–Crippen LogP) is 3.26. The average Bonchev–Trinajstić information content (AvgIpc) is 2.76. The van der Waals surface area contributed by atoms with Crippen molar-refractivity contribution in [3.05, 3.63) is 47.8 Å². The molecule has 0 saturated carbocycles. The van der Waals surface area contributed by atoms with E-state index >= 15 is 0 Å². The number of anilines is 1. The zero-order valence-electron chi connectivity index (χ0n) is 10.2. The Morgan fingerprint density at radius 2 is 2.00 bits per heavy atom. The van der Waals surface area contributed by atoms with Crippen LogP contribution in [0.15, 0.2) is 36.7 Å². The molecular weight excluding hydrogens is 269 g/mol. The molecule has 0 saturated heterocycles. The van der Waals surface area contributed by atoms with E-state index in [1.807, 2.05) is 0 Å². The van der Waals surface area contributed by atoms with Crippen LogP contribution in [0.1, 0.15) is 11.1 Å². The van der Waals surface area contributed by atoms with Gasteiger partial charge in [0, 0.05) is 23.6 Å². The molecule has 0 radical (unpaired) electrons. The van der Waals surface area contributed by atoms with Crippen LogP contribution in [0.25, 0.3) is 11.1 Å². The van der Waals surface area contributed by atoms with E-state index in [-0.39, 0.29) is 17.9 Å². The molecule has 1 aliphatic heterocycles. The third-order valence-electron chi connectivity index (χ3n) is 3.17. The molecule has 1 amide bonds. The molecule has 3 rings (SSSR count). The summed E-state index contributed by atoms with van der Waals surface area (Å²) in [5.41, 5.74) is 1.04. The summed E-state index contributed by atoms with van der Waals surface area (Å²) in [6.07, 6.45) is -1.95. The predicted molar refractivity (Wildman–Crippen MR) is 67.0 cm³/mol. The van der Waals surface area contributed by atoms with Gasteiger partial charge >= 0.3 is 6.18 Å². The van der Waals surface area contributed by atoms with Gasteiger partial charge in [-0.1, -0.05) is 6.07 Å². The highest BCUT2D eigenvalue weighted by molar-refractivity contribution is 5.99. The van der Waals surface area contributed by atoms with Crippen LogP contribution in [0, 0.1) is 0 Å². The quantitative estimate of drug-likeness (QED) is 0.870. The van der Waals surface area contributed by atoms with Crippen molar-refractivity contribution in [1.29, 1.82) is 0 Å². The van der Waals surface area contributed by atoms with E-state index in [1.54, 1.807) is 18.2 Å². The molecule has 2 aromatic rings. The summed E-state index contributed by atoms with van der Waals surface area (Å²) in [6.45, 7) is 0. The number of aromatic nitrogens is 1. The van der Waals surface area contributed by atoms with Crippen LogP contribution in [0.5, 0.6) is 0 Å². The Bertz CT molecular complexity index is 695. The van der Waals surface area contributed by atoms with E-state index in [0.717, 1.165) is 12.3 Å². The van der Waals surface area contributed by atoms with Crippen molar-refractivity contribution in [1.82, 2.24) is 4.98 Å². The van der Waals surface area contributed by atoms with Crippen LogP contribution >= 0.6 is 0 Å². The first-order chi connectivity index (χ1) is 9.45. The van der Waals surface area contributed by atoms with Crippen LogP contribution in [0.3, 0.4) is 0 Å². The number of nitrogens with zero attached hydrogens (tertiary/aromatic N) is 1. The normalized spacial score (nSPS) is 14.1. The largest absolute Gasteiger partial charge is 0.417 e. The van der Waals surface area contributed by atoms with E-state index in [9.17, 15) is 18.0 Å². The van der Waals surface area contributed by atoms with E-state index in [4.69, 9.17) is 0 Å². The fraction of sp³-hybridized carbons (Fsp3) is 0.143. The number of hydrogen-bond donors (Lipinski definition) is 1. The van der Waals surface area contributed by atoms with Gasteiger partial charge in [-0.25, -0.2) is 0 Å². The Morgan fingerprint density at radius 3 is 2.75 bits per heavy atom. The molecule has 0 unspecified atom stereocenters. The number of fused-ring (bicyclic) bond motifs is 1. The van der Waals surface area contributed by atoms with Crippen LogP contribution in [-0.4, -0.2) is 10.9 Å². The Hall–Kier alpha value is -2.37. The monoisotopic (exact) mass is 278 g/mol. The molecule has 6 heteroatoms. The smallest absolute Gasteiger partial charge is 0.326 e. The first-order valence-electron chi connectivity index (χ1n) is 5.89. The van der Waals surface area contributed by atoms with Crippen LogP contribution in [0.4, 0.5) is 18.9 Å². The van der Waals surface area contributed by atoms with E-state index in [2.05, 4.69) is 10.3 Å². The summed E-state index contributed by atoms with van der Waals surface area (Å²) in [6, 6.07) is 5.71. The maximum Gasteiger partial charge on any atom is 0.417 e. The summed E-state index contributed by atoms with van der Waals surface area (Å²) < 4.78 is 38.9. The Labute approximate surface area is 112 Å². The lowest BCUT2D eigenvalue weighted by Crippen LogP contribution is -2.07. The fourth-order valence-electron chi connectivity index (χ4n) is 2.27. The Balaban J connectivity index is 2.11. The second kappa shape index (κ2) is 4.33. The van der Waals surface area contributed by atoms with Crippen molar-refractivity contribution < 1.29 is 18.0 Å². The Morgan fingerprint density at radius 1 is 1.20 bits per heavy atom. The molecule has 1 N–H and O–H groups in total. The van der Waals surface area contributed by atoms with Crippen molar-refractivity contribution in [3.8, 4) is 11.1 Å². The molecule has 1 aromatic heterocycles. The summed E-state index contributed by atoms with van der Waals surface area (Å²) >= 11 is 0. The lowest BCUT2D eigenvalue weighted by Gasteiger charge is -2.12. The highest BCUT2D eigenvalue weighted by Crippen LogP contribution is 2.37. The van der Waals surface area contributed by atoms with Crippen LogP contribution in [-0.2, 0) is 17.4 Å². The first-order valence-corrected chi connectivity index (χ1v) is 5.89. The number of halogens is 3. The number of nitrogens with one attached hydrogen (secondary N) is 1. The van der Waals surface area contributed by atoms with Crippen molar-refractivity contribution in [2.45, 2.75) is 12.6 Å². The second-order valence-corrected chi connectivity index (χ2v) is 4.52. The second-order valence-electron chi connectivity index (χ2n) is 4.52. The topological polar surface area (TPSA) is 42.0 Å². The molecule has 0 fully saturated rings. The van der Waals surface area contributed by atoms with Crippen molar-refractivity contribution in [3.63, 3.8) is 0 Å². The number of rotatable bonds is 1. The van der Waals surface area contributed by atoms with Crippen molar-refractivity contribution >= 4 is 11.6 Å². The average molecular weight is 278 g/mol. The molecule has 0 bridgehead atoms. The SMILES string of the molecule is O=C1Cc2cc(-c3cnccc3C(F)(F)F)ccc2N1. The minimum absolute atomic E-state index is 0.0159. The summed E-state index contributed by atoms with van der Waals surface area (Å²) in [5.74, 6) is -0.153. The van der Waals surface area contributed by atoms with Gasteiger partial charge in [0.25, 0.3) is 0 Å². The third kappa shape index (κ3) is 2.13. The fourth-order valence-corrected chi connectivity index (χ4v) is 2.27. The van der Waals surface area contributed by atoms with E-state index in [0.29, 0.717) is 16.8 Å². The number of alkyl halides is 3. The maximum absolute atomic E-state index is 13.0.